The number of hydrogen-bond donors (Lipinski definition) is 9. The zero-order valence-electron chi connectivity index (χ0n) is 23.1. The summed E-state index contributed by atoms with van der Waals surface area (Å²) in [5.41, 5.74) is -1.69. The summed E-state index contributed by atoms with van der Waals surface area (Å²) in [4.78, 5) is 58.2. The molecule has 10 atom stereocenters. The van der Waals surface area contributed by atoms with Gasteiger partial charge in [-0.15, -0.1) is 0 Å². The molecule has 2 aliphatic heterocycles. The molecule has 0 bridgehead atoms. The lowest BCUT2D eigenvalue weighted by atomic mass is 9.96. The van der Waals surface area contributed by atoms with E-state index >= 15 is 0 Å². The summed E-state index contributed by atoms with van der Waals surface area (Å²) in [5.74, 6) is -0.422. The Balaban J connectivity index is 1.61. The maximum absolute atomic E-state index is 12.9. The van der Waals surface area contributed by atoms with Gasteiger partial charge in [-0.05, 0) is 32.9 Å². The van der Waals surface area contributed by atoms with Crippen LogP contribution in [0.3, 0.4) is 0 Å². The van der Waals surface area contributed by atoms with Crippen molar-refractivity contribution in [2.45, 2.75) is 74.6 Å². The van der Waals surface area contributed by atoms with Crippen LogP contribution in [0.1, 0.15) is 31.9 Å². The van der Waals surface area contributed by atoms with Gasteiger partial charge in [-0.3, -0.25) is 28.2 Å². The molecule has 0 aliphatic carbocycles. The predicted molar refractivity (Wildman–Crippen MR) is 145 cm³/mol. The van der Waals surface area contributed by atoms with Gasteiger partial charge in [-0.1, -0.05) is 0 Å². The van der Waals surface area contributed by atoms with E-state index in [9.17, 15) is 53.7 Å². The van der Waals surface area contributed by atoms with Crippen molar-refractivity contribution in [1.29, 1.82) is 0 Å². The fraction of sp³-hybridized carbons (Fsp3) is 0.773. The van der Waals surface area contributed by atoms with E-state index < -0.39 is 101 Å². The first-order valence-corrected chi connectivity index (χ1v) is 16.6. The highest BCUT2D eigenvalue weighted by Gasteiger charge is 2.47. The van der Waals surface area contributed by atoms with Gasteiger partial charge in [0.15, 0.2) is 6.23 Å². The van der Waals surface area contributed by atoms with Crippen molar-refractivity contribution in [1.82, 2.24) is 20.2 Å². The second kappa shape index (κ2) is 15.4. The van der Waals surface area contributed by atoms with E-state index in [1.807, 2.05) is 4.98 Å². The number of nitrogens with zero attached hydrogens (tertiary/aromatic N) is 1. The molecule has 2 aliphatic rings. The first-order chi connectivity index (χ1) is 20.2. The van der Waals surface area contributed by atoms with Gasteiger partial charge in [0, 0.05) is 18.7 Å². The topological polar surface area (TPSA) is 288 Å². The lowest BCUT2D eigenvalue weighted by Gasteiger charge is -2.39. The molecule has 0 radical (unpaired) electrons. The molecule has 1 aromatic heterocycles. The van der Waals surface area contributed by atoms with Crippen molar-refractivity contribution < 1.29 is 62.4 Å². The number of aromatic amines is 1. The van der Waals surface area contributed by atoms with Crippen molar-refractivity contribution in [3.63, 3.8) is 0 Å². The minimum Gasteiger partial charge on any atom is -0.394 e. The molecule has 43 heavy (non-hydrogen) atoms. The number of phosphoric acid groups is 1. The SMILES string of the molecule is CNCCCCC(=O)NC1C[C@@H](O)C(CO)O[C@@H]1CP(=O)(O)OP(=O)(O)OCC1OC(n2ccc(=O)[nH]c2=O)C(O)C1O. The molecule has 2 fully saturated rings. The number of hydrogen-bond acceptors (Lipinski definition) is 14. The van der Waals surface area contributed by atoms with Crippen LogP contribution in [0.25, 0.3) is 0 Å². The Hall–Kier alpha value is -1.83. The van der Waals surface area contributed by atoms with Gasteiger partial charge in [-0.2, -0.15) is 0 Å². The number of rotatable bonds is 15. The lowest BCUT2D eigenvalue weighted by molar-refractivity contribution is -0.146. The lowest BCUT2D eigenvalue weighted by Crippen LogP contribution is -2.56. The van der Waals surface area contributed by atoms with Gasteiger partial charge in [0.25, 0.3) is 5.56 Å². The number of carbonyl (C=O) groups is 1. The average molecular weight is 661 g/mol. The Bertz CT molecular complexity index is 1290. The van der Waals surface area contributed by atoms with Crippen molar-refractivity contribution >= 4 is 21.3 Å². The second-order valence-electron chi connectivity index (χ2n) is 10.2. The van der Waals surface area contributed by atoms with Crippen molar-refractivity contribution in [3.05, 3.63) is 33.1 Å². The molecule has 0 saturated carbocycles. The number of amides is 1. The molecule has 1 aromatic rings. The van der Waals surface area contributed by atoms with Gasteiger partial charge in [0.2, 0.25) is 5.91 Å². The largest absolute Gasteiger partial charge is 0.479 e. The van der Waals surface area contributed by atoms with Gasteiger partial charge < -0.3 is 50.3 Å². The summed E-state index contributed by atoms with van der Waals surface area (Å²) in [5, 5.41) is 45.9. The van der Waals surface area contributed by atoms with E-state index in [4.69, 9.17) is 14.0 Å². The number of aliphatic hydroxyl groups is 4. The van der Waals surface area contributed by atoms with E-state index in [1.165, 1.54) is 0 Å². The molecule has 9 N–H and O–H groups in total. The Kier molecular flexibility index (Phi) is 12.8. The number of unbranched alkanes of at least 4 members (excludes halogenated alkanes) is 1. The van der Waals surface area contributed by atoms with Crippen LogP contribution in [0.4, 0.5) is 0 Å². The quantitative estimate of drug-likeness (QED) is 0.0663. The summed E-state index contributed by atoms with van der Waals surface area (Å²) in [6.07, 6.45) is -8.90. The molecule has 8 unspecified atom stereocenters. The Morgan fingerprint density at radius 1 is 1.12 bits per heavy atom. The third-order valence-corrected chi connectivity index (χ3v) is 9.98. The number of aliphatic hydroxyl groups excluding tert-OH is 4. The molecular formula is C22H38N4O15P2. The summed E-state index contributed by atoms with van der Waals surface area (Å²) in [6, 6.07) is -0.0438. The first kappa shape index (κ1) is 35.6. The highest BCUT2D eigenvalue weighted by Crippen LogP contribution is 2.60. The maximum atomic E-state index is 12.9. The predicted octanol–water partition coefficient (Wildman–Crippen LogP) is -3.14. The summed E-state index contributed by atoms with van der Waals surface area (Å²) in [7, 11) is -8.60. The zero-order chi connectivity index (χ0) is 31.9. The molecule has 3 rings (SSSR count). The van der Waals surface area contributed by atoms with Crippen LogP contribution >= 0.6 is 15.4 Å². The Morgan fingerprint density at radius 2 is 1.84 bits per heavy atom. The van der Waals surface area contributed by atoms with E-state index in [1.54, 1.807) is 7.05 Å². The molecule has 0 spiro atoms. The van der Waals surface area contributed by atoms with E-state index in [0.717, 1.165) is 16.8 Å². The number of aromatic nitrogens is 2. The Morgan fingerprint density at radius 3 is 2.49 bits per heavy atom. The molecule has 3 heterocycles. The minimum atomic E-state index is -5.34. The minimum absolute atomic E-state index is 0.124. The van der Waals surface area contributed by atoms with Gasteiger partial charge >= 0.3 is 21.1 Å². The number of carbonyl (C=O) groups excluding carboxylic acids is 1. The van der Waals surface area contributed by atoms with Crippen LogP contribution in [0, 0.1) is 0 Å². The number of H-pyrrole nitrogens is 1. The van der Waals surface area contributed by atoms with Crippen LogP contribution in [-0.4, -0.2) is 121 Å². The molecule has 246 valence electrons. The third-order valence-electron chi connectivity index (χ3n) is 6.84. The maximum Gasteiger partial charge on any atom is 0.479 e. The van der Waals surface area contributed by atoms with Crippen LogP contribution in [0.5, 0.6) is 0 Å². The monoisotopic (exact) mass is 660 g/mol. The Labute approximate surface area is 244 Å². The van der Waals surface area contributed by atoms with Crippen LogP contribution in [0.2, 0.25) is 0 Å². The van der Waals surface area contributed by atoms with Gasteiger partial charge in [-0.25, -0.2) is 13.7 Å². The van der Waals surface area contributed by atoms with Gasteiger partial charge in [0.1, 0.15) is 24.4 Å². The van der Waals surface area contributed by atoms with Gasteiger partial charge in [0.05, 0.1) is 37.6 Å². The molecule has 0 aromatic carbocycles. The normalized spacial score (nSPS) is 32.2. The highest BCUT2D eigenvalue weighted by molar-refractivity contribution is 7.64. The van der Waals surface area contributed by atoms with Crippen LogP contribution < -0.4 is 21.9 Å². The van der Waals surface area contributed by atoms with Crippen LogP contribution in [-0.2, 0) is 32.2 Å². The van der Waals surface area contributed by atoms with E-state index in [-0.39, 0.29) is 12.8 Å². The average Bonchev–Trinajstić information content (AvgIpc) is 3.19. The van der Waals surface area contributed by atoms with E-state index in [0.29, 0.717) is 19.4 Å². The highest BCUT2D eigenvalue weighted by atomic mass is 31.3. The number of phosphoric ester groups is 1. The fourth-order valence-electron chi connectivity index (χ4n) is 4.66. The van der Waals surface area contributed by atoms with Crippen molar-refractivity contribution in [2.75, 3.05) is 33.0 Å². The molecule has 2 saturated heterocycles. The number of ether oxygens (including phenoxy) is 2. The molecule has 21 heteroatoms. The third kappa shape index (κ3) is 10.1. The molecular weight excluding hydrogens is 622 g/mol. The standard InChI is InChI=1S/C22H38N4O15P2/c1-23-6-3-2-4-17(29)24-12-8-13(28)14(9-27)39-16(12)11-42(34,35)41-43(36,37)38-10-15-19(31)20(32)21(40-15)26-7-5-18(30)25-22(26)33/h5,7,12-16,19-21,23,27-28,31-32H,2-4,6,8-11H2,1H3,(H,24,29)(H,34,35)(H,36,37)(H,25,30,33)/t12?,13-,14?,15?,16-,19?,20?,21?/m1/s1. The molecule has 19 nitrogen and oxygen atoms in total. The first-order valence-electron chi connectivity index (χ1n) is 13.4. The summed E-state index contributed by atoms with van der Waals surface area (Å²) in [6.45, 7) is -0.899. The van der Waals surface area contributed by atoms with Crippen molar-refractivity contribution in [2.24, 2.45) is 0 Å². The second-order valence-corrected chi connectivity index (χ2v) is 13.7. The summed E-state index contributed by atoms with van der Waals surface area (Å²) >= 11 is 0. The molecule has 1 amide bonds. The van der Waals surface area contributed by atoms with Crippen molar-refractivity contribution in [3.8, 4) is 0 Å². The van der Waals surface area contributed by atoms with E-state index in [2.05, 4.69) is 14.9 Å². The van der Waals surface area contributed by atoms with Crippen LogP contribution in [0.15, 0.2) is 21.9 Å². The number of nitrogens with one attached hydrogen (secondary N) is 3. The zero-order valence-corrected chi connectivity index (χ0v) is 24.9. The summed E-state index contributed by atoms with van der Waals surface area (Å²) < 4.78 is 46.3. The fourth-order valence-corrected chi connectivity index (χ4v) is 7.54. The smallest absolute Gasteiger partial charge is 0.394 e.